The molecule has 0 bridgehead atoms. The third-order valence-electron chi connectivity index (χ3n) is 0.724. The molecule has 0 unspecified atom stereocenters. The molecule has 0 radical (unpaired) electrons. The summed E-state index contributed by atoms with van der Waals surface area (Å²) in [7, 11) is -4.56. The lowest BCUT2D eigenvalue weighted by atomic mass is 10.7. The molecule has 66 valence electrons. The Labute approximate surface area is 65.2 Å². The van der Waals surface area contributed by atoms with Crippen molar-refractivity contribution in [3.8, 4) is 0 Å². The molecule has 11 heavy (non-hydrogen) atoms. The van der Waals surface area contributed by atoms with E-state index in [9.17, 15) is 14.0 Å². The summed E-state index contributed by atoms with van der Waals surface area (Å²) in [6, 6.07) is 0. The van der Waals surface area contributed by atoms with Gasteiger partial charge in [-0.1, -0.05) is 5.06 Å². The van der Waals surface area contributed by atoms with Crippen molar-refractivity contribution >= 4 is 5.96 Å². The van der Waals surface area contributed by atoms with Crippen LogP contribution < -0.4 is 19.7 Å². The SMILES string of the molecule is CCN(O[Cl+3]([O-])([O-])[O-])C(=N)N. The minimum absolute atomic E-state index is 0.00377. The minimum atomic E-state index is -4.56. The van der Waals surface area contributed by atoms with Crippen molar-refractivity contribution in [2.24, 2.45) is 5.73 Å². The number of guanidine groups is 1. The highest BCUT2D eigenvalue weighted by atomic mass is 35.7. The van der Waals surface area contributed by atoms with Crippen LogP contribution in [-0.2, 0) is 4.39 Å². The standard InChI is InChI=1S/C3H8ClN3O4/c1-2-7(3(5)6)11-4(8,9)10/h2H2,1H3,(H3,5,6). The molecule has 0 spiro atoms. The number of nitrogens with two attached hydrogens (primary N) is 1. The Kier molecular flexibility index (Phi) is 3.49. The Morgan fingerprint density at radius 1 is 1.64 bits per heavy atom. The largest absolute Gasteiger partial charge is 0.368 e. The van der Waals surface area contributed by atoms with Crippen molar-refractivity contribution < 1.29 is 28.6 Å². The van der Waals surface area contributed by atoms with Crippen LogP contribution >= 0.6 is 0 Å². The predicted molar refractivity (Wildman–Crippen MR) is 25.4 cm³/mol. The van der Waals surface area contributed by atoms with Crippen molar-refractivity contribution in [1.82, 2.24) is 5.06 Å². The molecule has 0 atom stereocenters. The van der Waals surface area contributed by atoms with Crippen LogP contribution in [0.3, 0.4) is 0 Å². The fourth-order valence-electron chi connectivity index (χ4n) is 0.358. The molecule has 0 aliphatic rings. The van der Waals surface area contributed by atoms with E-state index in [2.05, 4.69) is 4.39 Å². The molecule has 0 aliphatic heterocycles. The van der Waals surface area contributed by atoms with E-state index in [1.54, 1.807) is 0 Å². The second kappa shape index (κ2) is 3.69. The summed E-state index contributed by atoms with van der Waals surface area (Å²) in [5.41, 5.74) is 4.83. The zero-order valence-corrected chi connectivity index (χ0v) is 6.50. The molecule has 0 amide bonds. The molecule has 0 saturated heterocycles. The van der Waals surface area contributed by atoms with E-state index in [1.807, 2.05) is 0 Å². The van der Waals surface area contributed by atoms with Gasteiger partial charge in [-0.05, 0) is 6.92 Å². The van der Waals surface area contributed by atoms with Gasteiger partial charge in [0.1, 0.15) is 10.2 Å². The zero-order chi connectivity index (χ0) is 9.07. The number of nitrogens with zero attached hydrogens (tertiary/aromatic N) is 1. The van der Waals surface area contributed by atoms with Crippen LogP contribution in [0, 0.1) is 15.7 Å². The monoisotopic (exact) mass is 185 g/mol. The molecular formula is C3H8ClN3O4. The van der Waals surface area contributed by atoms with Crippen LogP contribution in [0.15, 0.2) is 0 Å². The summed E-state index contributed by atoms with van der Waals surface area (Å²) in [5.74, 6) is -0.639. The van der Waals surface area contributed by atoms with E-state index in [4.69, 9.17) is 11.1 Å². The molecule has 8 heteroatoms. The van der Waals surface area contributed by atoms with Crippen LogP contribution in [0.25, 0.3) is 0 Å². The Bertz CT molecular complexity index is 146. The number of nitrogens with one attached hydrogen (secondary N) is 1. The van der Waals surface area contributed by atoms with Gasteiger partial charge in [0.05, 0.1) is 6.54 Å². The van der Waals surface area contributed by atoms with Gasteiger partial charge in [-0.25, -0.2) is 0 Å². The quantitative estimate of drug-likeness (QED) is 0.262. The number of rotatable bonds is 3. The van der Waals surface area contributed by atoms with E-state index >= 15 is 0 Å². The summed E-state index contributed by atoms with van der Waals surface area (Å²) < 4.78 is 33.4. The van der Waals surface area contributed by atoms with E-state index in [0.717, 1.165) is 0 Å². The van der Waals surface area contributed by atoms with E-state index in [0.29, 0.717) is 5.06 Å². The van der Waals surface area contributed by atoms with Gasteiger partial charge in [0.2, 0.25) is 10.3 Å². The molecule has 0 rings (SSSR count). The van der Waals surface area contributed by atoms with Crippen LogP contribution in [0.4, 0.5) is 0 Å². The van der Waals surface area contributed by atoms with Crippen molar-refractivity contribution in [3.05, 3.63) is 0 Å². The first-order chi connectivity index (χ1) is 4.87. The topological polar surface area (TPSA) is 132 Å². The maximum atomic E-state index is 9.91. The molecule has 7 nitrogen and oxygen atoms in total. The van der Waals surface area contributed by atoms with Gasteiger partial charge in [0.25, 0.3) is 0 Å². The predicted octanol–water partition coefficient (Wildman–Crippen LogP) is -3.97. The molecule has 0 aromatic carbocycles. The van der Waals surface area contributed by atoms with Crippen LogP contribution in [0.2, 0.25) is 0 Å². The zero-order valence-electron chi connectivity index (χ0n) is 5.74. The molecule has 0 aromatic rings. The van der Waals surface area contributed by atoms with Gasteiger partial charge >= 0.3 is 0 Å². The maximum Gasteiger partial charge on any atom is 0.227 e. The second-order valence-electron chi connectivity index (χ2n) is 1.53. The highest BCUT2D eigenvalue weighted by Gasteiger charge is 2.26. The molecule has 0 aliphatic carbocycles. The Hall–Kier alpha value is -0.600. The lowest BCUT2D eigenvalue weighted by molar-refractivity contribution is -1.92. The summed E-state index contributed by atoms with van der Waals surface area (Å²) >= 11 is 0. The van der Waals surface area contributed by atoms with Gasteiger partial charge in [0.15, 0.2) is 0 Å². The lowest BCUT2D eigenvalue weighted by Crippen LogP contribution is -2.64. The summed E-state index contributed by atoms with van der Waals surface area (Å²) in [6.07, 6.45) is 0. The van der Waals surface area contributed by atoms with Crippen molar-refractivity contribution in [3.63, 3.8) is 0 Å². The Morgan fingerprint density at radius 2 is 2.09 bits per heavy atom. The normalized spacial score (nSPS) is 11.3. The fourth-order valence-corrected chi connectivity index (χ4v) is 0.734. The van der Waals surface area contributed by atoms with Gasteiger partial charge in [-0.15, -0.1) is 0 Å². The summed E-state index contributed by atoms with van der Waals surface area (Å²) in [5, 5.41) is 7.15. The van der Waals surface area contributed by atoms with Crippen molar-refractivity contribution in [1.29, 1.82) is 5.41 Å². The first-order valence-electron chi connectivity index (χ1n) is 2.59. The summed E-state index contributed by atoms with van der Waals surface area (Å²) in [4.78, 5) is 0. The molecule has 0 aromatic heterocycles. The third kappa shape index (κ3) is 4.76. The van der Waals surface area contributed by atoms with Gasteiger partial charge in [-0.3, -0.25) is 5.41 Å². The highest BCUT2D eigenvalue weighted by molar-refractivity contribution is 5.73. The van der Waals surface area contributed by atoms with Crippen molar-refractivity contribution in [2.45, 2.75) is 6.92 Å². The molecular weight excluding hydrogens is 178 g/mol. The summed E-state index contributed by atoms with van der Waals surface area (Å²) in [6.45, 7) is 1.48. The lowest BCUT2D eigenvalue weighted by Gasteiger charge is -2.17. The molecule has 3 N–H and O–H groups in total. The van der Waals surface area contributed by atoms with Crippen LogP contribution in [-0.4, -0.2) is 17.6 Å². The number of hydrogen-bond donors (Lipinski definition) is 2. The fraction of sp³-hybridized carbons (Fsp3) is 0.667. The van der Waals surface area contributed by atoms with E-state index in [1.165, 1.54) is 6.92 Å². The third-order valence-corrected chi connectivity index (χ3v) is 1.06. The average Bonchev–Trinajstić information content (AvgIpc) is 1.80. The number of halogens is 1. The Balaban J connectivity index is 3.99. The van der Waals surface area contributed by atoms with Crippen LogP contribution in [0.5, 0.6) is 0 Å². The first-order valence-corrected chi connectivity index (χ1v) is 3.82. The number of hydrogen-bond acceptors (Lipinski definition) is 5. The van der Waals surface area contributed by atoms with Gasteiger partial charge < -0.3 is 5.73 Å². The maximum absolute atomic E-state index is 9.91. The molecule has 0 fully saturated rings. The van der Waals surface area contributed by atoms with Crippen molar-refractivity contribution in [2.75, 3.05) is 6.54 Å². The first kappa shape index (κ1) is 10.4. The van der Waals surface area contributed by atoms with E-state index in [-0.39, 0.29) is 6.54 Å². The van der Waals surface area contributed by atoms with Gasteiger partial charge in [-0.2, -0.15) is 14.0 Å². The molecule has 0 saturated carbocycles. The minimum Gasteiger partial charge on any atom is -0.368 e. The Morgan fingerprint density at radius 3 is 2.18 bits per heavy atom. The van der Waals surface area contributed by atoms with Crippen LogP contribution in [0.1, 0.15) is 6.92 Å². The molecule has 0 heterocycles. The highest BCUT2D eigenvalue weighted by Crippen LogP contribution is 1.95. The smallest absolute Gasteiger partial charge is 0.227 e. The second-order valence-corrected chi connectivity index (χ2v) is 2.42. The van der Waals surface area contributed by atoms with Gasteiger partial charge in [0, 0.05) is 0 Å². The average molecular weight is 186 g/mol. The van der Waals surface area contributed by atoms with E-state index < -0.39 is 16.2 Å². The number of hydroxylamine groups is 2.